The molecule has 152 valence electrons. The number of hydrogen-bond acceptors (Lipinski definition) is 6. The number of nitrogen functional groups attached to an aromatic ring is 1. The third-order valence-electron chi connectivity index (χ3n) is 5.04. The van der Waals surface area contributed by atoms with Crippen LogP contribution in [0.2, 0.25) is 0 Å². The number of primary amides is 1. The zero-order valence-electron chi connectivity index (χ0n) is 16.2. The van der Waals surface area contributed by atoms with Crippen LogP contribution in [0, 0.1) is 0 Å². The zero-order chi connectivity index (χ0) is 21.4. The molecule has 0 saturated carbocycles. The van der Waals surface area contributed by atoms with Gasteiger partial charge in [-0.25, -0.2) is 9.78 Å². The Hall–Kier alpha value is -3.75. The van der Waals surface area contributed by atoms with E-state index in [4.69, 9.17) is 11.5 Å². The molecule has 0 bridgehead atoms. The molecular formula is C23H17N5OS2. The Kier molecular flexibility index (Phi) is 4.85. The molecule has 0 fully saturated rings. The Morgan fingerprint density at radius 1 is 0.903 bits per heavy atom. The molecule has 0 aliphatic heterocycles. The highest BCUT2D eigenvalue weighted by molar-refractivity contribution is 7.18. The molecule has 4 N–H and O–H groups in total. The van der Waals surface area contributed by atoms with Gasteiger partial charge >= 0.3 is 6.03 Å². The van der Waals surface area contributed by atoms with Gasteiger partial charge in [0, 0.05) is 45.2 Å². The number of nitrogens with zero attached hydrogens (tertiary/aromatic N) is 3. The summed E-state index contributed by atoms with van der Waals surface area (Å²) in [7, 11) is 0. The number of carbonyl (C=O) groups excluding carboxylic acids is 1. The van der Waals surface area contributed by atoms with Gasteiger partial charge in [0.2, 0.25) is 0 Å². The maximum Gasteiger partial charge on any atom is 0.323 e. The molecule has 4 aromatic heterocycles. The van der Waals surface area contributed by atoms with Gasteiger partial charge in [-0.3, -0.25) is 9.88 Å². The maximum absolute atomic E-state index is 12.0. The fourth-order valence-electron chi connectivity index (χ4n) is 3.60. The summed E-state index contributed by atoms with van der Waals surface area (Å²) in [6, 6.07) is 13.0. The largest absolute Gasteiger partial charge is 0.383 e. The number of benzene rings is 1. The van der Waals surface area contributed by atoms with Crippen LogP contribution in [0.25, 0.3) is 32.3 Å². The predicted molar refractivity (Wildman–Crippen MR) is 129 cm³/mol. The van der Waals surface area contributed by atoms with E-state index >= 15 is 0 Å². The molecule has 4 heterocycles. The molecule has 0 spiro atoms. The molecular weight excluding hydrogens is 426 g/mol. The van der Waals surface area contributed by atoms with Gasteiger partial charge in [0.25, 0.3) is 0 Å². The summed E-state index contributed by atoms with van der Waals surface area (Å²) in [5, 5.41) is 6.81. The standard InChI is InChI=1S/C23H17N5OS2/c24-22-20-19(13-31-21(20)18(11-27-22)15-5-8-26-9-6-15)14-1-3-16(4-2-14)28(23(25)29)17-7-10-30-12-17/h1-13H,(H2,24,27)(H2,25,29). The van der Waals surface area contributed by atoms with Crippen molar-refractivity contribution >= 4 is 56.0 Å². The molecule has 2 amide bonds. The van der Waals surface area contributed by atoms with Crippen LogP contribution in [-0.4, -0.2) is 16.0 Å². The normalized spacial score (nSPS) is 11.0. The third kappa shape index (κ3) is 3.41. The van der Waals surface area contributed by atoms with Crippen LogP contribution in [0.5, 0.6) is 0 Å². The smallest absolute Gasteiger partial charge is 0.323 e. The van der Waals surface area contributed by atoms with Crippen LogP contribution < -0.4 is 16.4 Å². The van der Waals surface area contributed by atoms with Crippen LogP contribution >= 0.6 is 22.7 Å². The number of rotatable bonds is 4. The van der Waals surface area contributed by atoms with E-state index < -0.39 is 6.03 Å². The molecule has 1 aromatic carbocycles. The highest BCUT2D eigenvalue weighted by atomic mass is 32.1. The van der Waals surface area contributed by atoms with Gasteiger partial charge in [-0.2, -0.15) is 11.3 Å². The number of aromatic nitrogens is 2. The first kappa shape index (κ1) is 19.2. The van der Waals surface area contributed by atoms with Gasteiger partial charge < -0.3 is 11.5 Å². The van der Waals surface area contributed by atoms with Gasteiger partial charge in [-0.15, -0.1) is 11.3 Å². The van der Waals surface area contributed by atoms with E-state index in [1.54, 1.807) is 23.7 Å². The lowest BCUT2D eigenvalue weighted by molar-refractivity contribution is 0.256. The summed E-state index contributed by atoms with van der Waals surface area (Å²) in [5.74, 6) is 0.491. The van der Waals surface area contributed by atoms with Crippen molar-refractivity contribution in [3.05, 3.63) is 77.2 Å². The van der Waals surface area contributed by atoms with Crippen molar-refractivity contribution in [1.82, 2.24) is 9.97 Å². The van der Waals surface area contributed by atoms with Crippen molar-refractivity contribution in [2.75, 3.05) is 10.6 Å². The van der Waals surface area contributed by atoms with Gasteiger partial charge in [0.15, 0.2) is 0 Å². The van der Waals surface area contributed by atoms with Crippen molar-refractivity contribution in [2.45, 2.75) is 0 Å². The minimum absolute atomic E-state index is 0.491. The van der Waals surface area contributed by atoms with Crippen LogP contribution in [0.3, 0.4) is 0 Å². The lowest BCUT2D eigenvalue weighted by Crippen LogP contribution is -2.31. The van der Waals surface area contributed by atoms with Crippen LogP contribution in [0.1, 0.15) is 0 Å². The molecule has 5 rings (SSSR count). The third-order valence-corrected chi connectivity index (χ3v) is 6.72. The first-order valence-electron chi connectivity index (χ1n) is 9.42. The summed E-state index contributed by atoms with van der Waals surface area (Å²) in [6.45, 7) is 0. The molecule has 0 unspecified atom stereocenters. The van der Waals surface area contributed by atoms with Crippen LogP contribution in [-0.2, 0) is 0 Å². The van der Waals surface area contributed by atoms with E-state index in [9.17, 15) is 4.79 Å². The lowest BCUT2D eigenvalue weighted by Gasteiger charge is -2.19. The number of anilines is 3. The van der Waals surface area contributed by atoms with E-state index in [0.29, 0.717) is 11.5 Å². The van der Waals surface area contributed by atoms with Crippen molar-refractivity contribution in [1.29, 1.82) is 0 Å². The molecule has 0 atom stereocenters. The fourth-order valence-corrected chi connectivity index (χ4v) is 5.33. The number of thiophene rings is 2. The Morgan fingerprint density at radius 3 is 2.32 bits per heavy atom. The fraction of sp³-hybridized carbons (Fsp3) is 0. The minimum atomic E-state index is -0.525. The molecule has 0 aliphatic carbocycles. The van der Waals surface area contributed by atoms with Gasteiger partial charge in [0.1, 0.15) is 5.82 Å². The summed E-state index contributed by atoms with van der Waals surface area (Å²) < 4.78 is 1.08. The zero-order valence-corrected chi connectivity index (χ0v) is 17.9. The predicted octanol–water partition coefficient (Wildman–Crippen LogP) is 5.89. The number of nitrogens with two attached hydrogens (primary N) is 2. The Labute approximate surface area is 186 Å². The lowest BCUT2D eigenvalue weighted by atomic mass is 10.0. The van der Waals surface area contributed by atoms with Gasteiger partial charge in [0.05, 0.1) is 11.4 Å². The minimum Gasteiger partial charge on any atom is -0.383 e. The van der Waals surface area contributed by atoms with E-state index in [1.807, 2.05) is 59.4 Å². The number of pyridine rings is 2. The Bertz CT molecular complexity index is 1360. The number of carbonyl (C=O) groups is 1. The molecule has 8 heteroatoms. The van der Waals surface area contributed by atoms with Crippen LogP contribution in [0.15, 0.2) is 77.2 Å². The van der Waals surface area contributed by atoms with Gasteiger partial charge in [-0.1, -0.05) is 12.1 Å². The highest BCUT2D eigenvalue weighted by Gasteiger charge is 2.18. The topological polar surface area (TPSA) is 98.1 Å². The maximum atomic E-state index is 12.0. The second kappa shape index (κ2) is 7.82. The first-order valence-corrected chi connectivity index (χ1v) is 11.2. The van der Waals surface area contributed by atoms with E-state index in [0.717, 1.165) is 38.0 Å². The SMILES string of the molecule is NC(=O)N(c1ccc(-c2csc3c(-c4ccncc4)cnc(N)c23)cc1)c1ccsc1. The molecule has 0 aliphatic rings. The average Bonchev–Trinajstić information content (AvgIpc) is 3.46. The summed E-state index contributed by atoms with van der Waals surface area (Å²) >= 11 is 3.15. The Balaban J connectivity index is 1.58. The number of fused-ring (bicyclic) bond motifs is 1. The summed E-state index contributed by atoms with van der Waals surface area (Å²) in [4.78, 5) is 22.1. The van der Waals surface area contributed by atoms with E-state index in [2.05, 4.69) is 15.3 Å². The first-order chi connectivity index (χ1) is 15.1. The number of hydrogen-bond donors (Lipinski definition) is 2. The van der Waals surface area contributed by atoms with E-state index in [-0.39, 0.29) is 0 Å². The summed E-state index contributed by atoms with van der Waals surface area (Å²) in [5.41, 5.74) is 17.4. The second-order valence-electron chi connectivity index (χ2n) is 6.85. The molecule has 31 heavy (non-hydrogen) atoms. The van der Waals surface area contributed by atoms with Crippen molar-refractivity contribution in [3.8, 4) is 22.3 Å². The van der Waals surface area contributed by atoms with Crippen molar-refractivity contribution in [2.24, 2.45) is 5.73 Å². The highest BCUT2D eigenvalue weighted by Crippen LogP contribution is 2.42. The Morgan fingerprint density at radius 2 is 1.65 bits per heavy atom. The average molecular weight is 444 g/mol. The molecule has 5 aromatic rings. The monoisotopic (exact) mass is 443 g/mol. The second-order valence-corrected chi connectivity index (χ2v) is 8.51. The van der Waals surface area contributed by atoms with Gasteiger partial charge in [-0.05, 0) is 52.2 Å². The summed E-state index contributed by atoms with van der Waals surface area (Å²) in [6.07, 6.45) is 5.34. The number of urea groups is 1. The van der Waals surface area contributed by atoms with Crippen molar-refractivity contribution in [3.63, 3.8) is 0 Å². The molecule has 6 nitrogen and oxygen atoms in total. The number of amides is 2. The molecule has 0 saturated heterocycles. The quantitative estimate of drug-likeness (QED) is 0.362. The van der Waals surface area contributed by atoms with Crippen molar-refractivity contribution < 1.29 is 4.79 Å². The van der Waals surface area contributed by atoms with E-state index in [1.165, 1.54) is 16.2 Å². The van der Waals surface area contributed by atoms with Crippen LogP contribution in [0.4, 0.5) is 22.0 Å². The molecule has 0 radical (unpaired) electrons.